The van der Waals surface area contributed by atoms with Crippen LogP contribution >= 0.6 is 0 Å². The first kappa shape index (κ1) is 13.9. The lowest BCUT2D eigenvalue weighted by Crippen LogP contribution is -2.47. The second kappa shape index (κ2) is 6.58. The van der Waals surface area contributed by atoms with Gasteiger partial charge in [-0.15, -0.1) is 0 Å². The van der Waals surface area contributed by atoms with Crippen LogP contribution in [0.2, 0.25) is 0 Å². The van der Waals surface area contributed by atoms with E-state index in [1.54, 1.807) is 0 Å². The summed E-state index contributed by atoms with van der Waals surface area (Å²) < 4.78 is 0. The first-order chi connectivity index (χ1) is 7.60. The Morgan fingerprint density at radius 2 is 2.06 bits per heavy atom. The summed E-state index contributed by atoms with van der Waals surface area (Å²) in [5.41, 5.74) is 6.29. The zero-order valence-electron chi connectivity index (χ0n) is 11.4. The van der Waals surface area contributed by atoms with Gasteiger partial charge in [0.1, 0.15) is 0 Å². The second-order valence-electron chi connectivity index (χ2n) is 5.33. The van der Waals surface area contributed by atoms with Crippen molar-refractivity contribution in [3.63, 3.8) is 0 Å². The normalized spacial score (nSPS) is 26.2. The minimum atomic E-state index is 0.357. The number of likely N-dealkylation sites (N-methyl/N-ethyl adjacent to an activating group) is 1. The largest absolute Gasteiger partial charge is 0.326 e. The molecule has 96 valence electrons. The van der Waals surface area contributed by atoms with E-state index in [0.29, 0.717) is 12.1 Å². The standard InChI is InChI=1S/C13H29N3/c1-5-7-12(14)13(6-2)16-9-8-11(10-16)15(3)4/h11-13H,5-10,14H2,1-4H3. The van der Waals surface area contributed by atoms with Crippen LogP contribution in [0.3, 0.4) is 0 Å². The van der Waals surface area contributed by atoms with E-state index in [2.05, 4.69) is 37.7 Å². The number of hydrogen-bond donors (Lipinski definition) is 1. The predicted molar refractivity (Wildman–Crippen MR) is 70.6 cm³/mol. The minimum absolute atomic E-state index is 0.357. The van der Waals surface area contributed by atoms with E-state index >= 15 is 0 Å². The Bertz CT molecular complexity index is 194. The van der Waals surface area contributed by atoms with E-state index in [1.165, 1.54) is 32.4 Å². The highest BCUT2D eigenvalue weighted by atomic mass is 15.3. The molecule has 3 unspecified atom stereocenters. The van der Waals surface area contributed by atoms with E-state index in [9.17, 15) is 0 Å². The van der Waals surface area contributed by atoms with Crippen molar-refractivity contribution >= 4 is 0 Å². The Labute approximate surface area is 101 Å². The summed E-state index contributed by atoms with van der Waals surface area (Å²) in [6, 6.07) is 1.67. The number of nitrogens with zero attached hydrogens (tertiary/aromatic N) is 2. The lowest BCUT2D eigenvalue weighted by atomic mass is 10.0. The van der Waals surface area contributed by atoms with Gasteiger partial charge in [0.05, 0.1) is 0 Å². The molecule has 1 saturated heterocycles. The highest BCUT2D eigenvalue weighted by Crippen LogP contribution is 2.20. The van der Waals surface area contributed by atoms with E-state index in [-0.39, 0.29) is 0 Å². The number of hydrogen-bond acceptors (Lipinski definition) is 3. The maximum Gasteiger partial charge on any atom is 0.0245 e. The van der Waals surface area contributed by atoms with Gasteiger partial charge >= 0.3 is 0 Å². The van der Waals surface area contributed by atoms with Crippen molar-refractivity contribution in [1.82, 2.24) is 9.80 Å². The quantitative estimate of drug-likeness (QED) is 0.747. The summed E-state index contributed by atoms with van der Waals surface area (Å²) in [4.78, 5) is 4.95. The van der Waals surface area contributed by atoms with Crippen molar-refractivity contribution in [3.05, 3.63) is 0 Å². The molecule has 1 fully saturated rings. The van der Waals surface area contributed by atoms with E-state index < -0.39 is 0 Å². The Balaban J connectivity index is 2.49. The van der Waals surface area contributed by atoms with Gasteiger partial charge in [0.15, 0.2) is 0 Å². The molecule has 3 heteroatoms. The van der Waals surface area contributed by atoms with Crippen LogP contribution in [-0.4, -0.2) is 55.1 Å². The van der Waals surface area contributed by atoms with Gasteiger partial charge in [-0.1, -0.05) is 20.3 Å². The Hall–Kier alpha value is -0.120. The SMILES string of the molecule is CCCC(N)C(CC)N1CCC(N(C)C)C1. The average Bonchev–Trinajstić information content (AvgIpc) is 2.68. The van der Waals surface area contributed by atoms with Gasteiger partial charge in [-0.25, -0.2) is 0 Å². The van der Waals surface area contributed by atoms with Gasteiger partial charge in [0.2, 0.25) is 0 Å². The molecule has 1 aliphatic heterocycles. The smallest absolute Gasteiger partial charge is 0.0245 e. The molecule has 0 amide bonds. The highest BCUT2D eigenvalue weighted by Gasteiger charge is 2.30. The van der Waals surface area contributed by atoms with Crippen LogP contribution in [-0.2, 0) is 0 Å². The fourth-order valence-corrected chi connectivity index (χ4v) is 2.85. The summed E-state index contributed by atoms with van der Waals surface area (Å²) in [7, 11) is 4.36. The van der Waals surface area contributed by atoms with Gasteiger partial charge in [0, 0.05) is 31.2 Å². The first-order valence-corrected chi connectivity index (χ1v) is 6.76. The number of nitrogens with two attached hydrogens (primary N) is 1. The topological polar surface area (TPSA) is 32.5 Å². The predicted octanol–water partition coefficient (Wildman–Crippen LogP) is 1.53. The summed E-state index contributed by atoms with van der Waals surface area (Å²) in [5.74, 6) is 0. The van der Waals surface area contributed by atoms with Crippen molar-refractivity contribution in [3.8, 4) is 0 Å². The summed E-state index contributed by atoms with van der Waals surface area (Å²) >= 11 is 0. The Morgan fingerprint density at radius 1 is 1.38 bits per heavy atom. The van der Waals surface area contributed by atoms with E-state index in [0.717, 1.165) is 12.5 Å². The lowest BCUT2D eigenvalue weighted by Gasteiger charge is -2.32. The maximum atomic E-state index is 6.29. The monoisotopic (exact) mass is 227 g/mol. The third kappa shape index (κ3) is 3.44. The molecule has 16 heavy (non-hydrogen) atoms. The minimum Gasteiger partial charge on any atom is -0.326 e. The summed E-state index contributed by atoms with van der Waals surface area (Å²) in [5, 5.41) is 0. The number of likely N-dealkylation sites (tertiary alicyclic amines) is 1. The van der Waals surface area contributed by atoms with Crippen LogP contribution in [0, 0.1) is 0 Å². The number of rotatable bonds is 6. The molecule has 0 aromatic carbocycles. The first-order valence-electron chi connectivity index (χ1n) is 6.76. The van der Waals surface area contributed by atoms with Gasteiger partial charge in [-0.05, 0) is 33.4 Å². The lowest BCUT2D eigenvalue weighted by molar-refractivity contribution is 0.181. The average molecular weight is 227 g/mol. The van der Waals surface area contributed by atoms with Crippen LogP contribution in [0.1, 0.15) is 39.5 Å². The van der Waals surface area contributed by atoms with Crippen molar-refractivity contribution in [2.75, 3.05) is 27.2 Å². The molecule has 0 radical (unpaired) electrons. The van der Waals surface area contributed by atoms with Gasteiger partial charge in [-0.2, -0.15) is 0 Å². The fraction of sp³-hybridized carbons (Fsp3) is 1.00. The van der Waals surface area contributed by atoms with E-state index in [1.807, 2.05) is 0 Å². The molecule has 0 aliphatic carbocycles. The maximum absolute atomic E-state index is 6.29. The Morgan fingerprint density at radius 3 is 2.50 bits per heavy atom. The van der Waals surface area contributed by atoms with Crippen LogP contribution in [0.25, 0.3) is 0 Å². The molecule has 0 aromatic rings. The molecule has 2 N–H and O–H groups in total. The highest BCUT2D eigenvalue weighted by molar-refractivity contribution is 4.89. The van der Waals surface area contributed by atoms with Gasteiger partial charge in [0.25, 0.3) is 0 Å². The third-order valence-electron chi connectivity index (χ3n) is 3.93. The summed E-state index contributed by atoms with van der Waals surface area (Å²) in [6.45, 7) is 6.91. The molecule has 1 rings (SSSR count). The van der Waals surface area contributed by atoms with Gasteiger partial charge in [-0.3, -0.25) is 4.90 Å². The van der Waals surface area contributed by atoms with E-state index in [4.69, 9.17) is 5.73 Å². The fourth-order valence-electron chi connectivity index (χ4n) is 2.85. The van der Waals surface area contributed by atoms with Gasteiger partial charge < -0.3 is 10.6 Å². The molecule has 0 aromatic heterocycles. The molecular weight excluding hydrogens is 198 g/mol. The van der Waals surface area contributed by atoms with Crippen molar-refractivity contribution < 1.29 is 0 Å². The van der Waals surface area contributed by atoms with Crippen LogP contribution in [0.5, 0.6) is 0 Å². The van der Waals surface area contributed by atoms with Crippen molar-refractivity contribution in [2.45, 2.75) is 57.7 Å². The zero-order chi connectivity index (χ0) is 12.1. The third-order valence-corrected chi connectivity index (χ3v) is 3.93. The second-order valence-corrected chi connectivity index (χ2v) is 5.33. The summed E-state index contributed by atoms with van der Waals surface area (Å²) in [6.07, 6.45) is 4.83. The molecule has 1 heterocycles. The Kier molecular flexibility index (Phi) is 5.73. The zero-order valence-corrected chi connectivity index (χ0v) is 11.4. The molecule has 3 nitrogen and oxygen atoms in total. The molecular formula is C13H29N3. The van der Waals surface area contributed by atoms with Crippen LogP contribution in [0.15, 0.2) is 0 Å². The van der Waals surface area contributed by atoms with Crippen LogP contribution in [0.4, 0.5) is 0 Å². The molecule has 0 saturated carbocycles. The molecule has 1 aliphatic rings. The van der Waals surface area contributed by atoms with Crippen molar-refractivity contribution in [1.29, 1.82) is 0 Å². The van der Waals surface area contributed by atoms with Crippen LogP contribution < -0.4 is 5.73 Å². The van der Waals surface area contributed by atoms with Crippen molar-refractivity contribution in [2.24, 2.45) is 5.73 Å². The molecule has 0 spiro atoms. The molecule has 3 atom stereocenters. The molecule has 0 bridgehead atoms.